The summed E-state index contributed by atoms with van der Waals surface area (Å²) < 4.78 is 0. The van der Waals surface area contributed by atoms with E-state index in [1.807, 2.05) is 18.4 Å². The highest BCUT2D eigenvalue weighted by atomic mass is 32.1. The summed E-state index contributed by atoms with van der Waals surface area (Å²) in [4.78, 5) is 15.7. The van der Waals surface area contributed by atoms with Gasteiger partial charge in [-0.3, -0.25) is 4.79 Å². The monoisotopic (exact) mass is 366 g/mol. The van der Waals surface area contributed by atoms with Crippen LogP contribution in [0.4, 0.5) is 0 Å². The molecule has 1 fully saturated rings. The lowest BCUT2D eigenvalue weighted by Gasteiger charge is -2.28. The summed E-state index contributed by atoms with van der Waals surface area (Å²) in [6.07, 6.45) is 8.10. The molecule has 2 rings (SSSR count). The Morgan fingerprint density at radius 1 is 1.28 bits per heavy atom. The number of likely N-dealkylation sites (tertiary alicyclic amines) is 1. The molecule has 142 valence electrons. The Hall–Kier alpha value is -0.910. The van der Waals surface area contributed by atoms with Crippen molar-refractivity contribution in [3.8, 4) is 0 Å². The topological polar surface area (TPSA) is 52.6 Å². The van der Waals surface area contributed by atoms with Gasteiger partial charge < -0.3 is 15.3 Å². The van der Waals surface area contributed by atoms with Gasteiger partial charge in [0.1, 0.15) is 6.10 Å². The molecule has 2 atom stereocenters. The average Bonchev–Trinajstić information content (AvgIpc) is 3.25. The van der Waals surface area contributed by atoms with E-state index in [1.54, 1.807) is 11.3 Å². The van der Waals surface area contributed by atoms with Crippen molar-refractivity contribution in [3.05, 3.63) is 21.9 Å². The lowest BCUT2D eigenvalue weighted by Crippen LogP contribution is -2.46. The van der Waals surface area contributed by atoms with Crippen LogP contribution in [0.1, 0.15) is 74.8 Å². The highest BCUT2D eigenvalue weighted by Crippen LogP contribution is 2.27. The van der Waals surface area contributed by atoms with E-state index in [4.69, 9.17) is 0 Å². The minimum Gasteiger partial charge on any atom is -0.385 e. The van der Waals surface area contributed by atoms with Gasteiger partial charge in [0.2, 0.25) is 5.91 Å². The molecule has 0 spiro atoms. The molecule has 2 N–H and O–H groups in total. The second-order valence-electron chi connectivity index (χ2n) is 7.26. The van der Waals surface area contributed by atoms with Gasteiger partial charge >= 0.3 is 0 Å². The van der Waals surface area contributed by atoms with Gasteiger partial charge in [-0.25, -0.2) is 0 Å². The summed E-state index contributed by atoms with van der Waals surface area (Å²) in [7, 11) is 0. The van der Waals surface area contributed by atoms with Crippen LogP contribution < -0.4 is 5.32 Å². The highest BCUT2D eigenvalue weighted by molar-refractivity contribution is 7.10. The Morgan fingerprint density at radius 2 is 2.00 bits per heavy atom. The second-order valence-corrected chi connectivity index (χ2v) is 8.21. The Morgan fingerprint density at radius 3 is 2.64 bits per heavy atom. The smallest absolute Gasteiger partial charge is 0.220 e. The average molecular weight is 367 g/mol. The van der Waals surface area contributed by atoms with Crippen LogP contribution in [0, 0.1) is 6.92 Å². The van der Waals surface area contributed by atoms with Crippen LogP contribution in [0.5, 0.6) is 0 Å². The van der Waals surface area contributed by atoms with E-state index in [1.165, 1.54) is 32.1 Å². The van der Waals surface area contributed by atoms with Crippen molar-refractivity contribution in [1.29, 1.82) is 0 Å². The van der Waals surface area contributed by atoms with Crippen molar-refractivity contribution < 1.29 is 9.90 Å². The third kappa shape index (κ3) is 6.72. The Bertz CT molecular complexity index is 512. The highest BCUT2D eigenvalue weighted by Gasteiger charge is 2.28. The number of thiophene rings is 1. The molecule has 4 nitrogen and oxygen atoms in total. The van der Waals surface area contributed by atoms with Crippen LogP contribution in [-0.2, 0) is 4.79 Å². The molecule has 0 saturated carbocycles. The molecule has 0 aliphatic carbocycles. The van der Waals surface area contributed by atoms with Crippen molar-refractivity contribution in [2.75, 3.05) is 19.6 Å². The predicted molar refractivity (Wildman–Crippen MR) is 105 cm³/mol. The van der Waals surface area contributed by atoms with E-state index in [0.717, 1.165) is 42.9 Å². The van der Waals surface area contributed by atoms with E-state index in [-0.39, 0.29) is 11.9 Å². The van der Waals surface area contributed by atoms with Crippen LogP contribution >= 0.6 is 11.3 Å². The zero-order chi connectivity index (χ0) is 18.1. The Labute approximate surface area is 156 Å². The van der Waals surface area contributed by atoms with Gasteiger partial charge in [-0.2, -0.15) is 0 Å². The van der Waals surface area contributed by atoms with Crippen LogP contribution in [0.25, 0.3) is 0 Å². The van der Waals surface area contributed by atoms with Crippen molar-refractivity contribution in [2.45, 2.75) is 77.4 Å². The SMILES string of the molecule is CCCCCCCC(=O)NC(CN1CCCC1)C(O)c1sccc1C. The van der Waals surface area contributed by atoms with Gasteiger partial charge in [-0.15, -0.1) is 11.3 Å². The number of hydrogen-bond donors (Lipinski definition) is 2. The van der Waals surface area contributed by atoms with Crippen LogP contribution in [0.15, 0.2) is 11.4 Å². The summed E-state index contributed by atoms with van der Waals surface area (Å²) >= 11 is 1.58. The molecular weight excluding hydrogens is 332 g/mol. The molecule has 1 amide bonds. The number of aliphatic hydroxyl groups excluding tert-OH is 1. The quantitative estimate of drug-likeness (QED) is 0.581. The van der Waals surface area contributed by atoms with Crippen molar-refractivity contribution in [2.24, 2.45) is 0 Å². The molecule has 1 aromatic rings. The third-order valence-corrected chi connectivity index (χ3v) is 6.15. The van der Waals surface area contributed by atoms with Gasteiger partial charge in [0.15, 0.2) is 0 Å². The van der Waals surface area contributed by atoms with E-state index in [9.17, 15) is 9.90 Å². The van der Waals surface area contributed by atoms with Gasteiger partial charge in [-0.05, 0) is 56.3 Å². The summed E-state index contributed by atoms with van der Waals surface area (Å²) in [5, 5.41) is 16.0. The number of carbonyl (C=O) groups excluding carboxylic acids is 1. The third-order valence-electron chi connectivity index (χ3n) is 5.06. The molecule has 0 aromatic carbocycles. The molecule has 5 heteroatoms. The molecule has 1 aliphatic rings. The number of unbranched alkanes of at least 4 members (excludes halogenated alkanes) is 4. The van der Waals surface area contributed by atoms with Crippen LogP contribution in [-0.4, -0.2) is 41.6 Å². The van der Waals surface area contributed by atoms with Gasteiger partial charge in [0.25, 0.3) is 0 Å². The lowest BCUT2D eigenvalue weighted by atomic mass is 10.1. The number of aliphatic hydroxyl groups is 1. The normalized spacial score (nSPS) is 17.6. The molecule has 25 heavy (non-hydrogen) atoms. The Kier molecular flexibility index (Phi) is 8.93. The fraction of sp³-hybridized carbons (Fsp3) is 0.750. The minimum atomic E-state index is -0.621. The number of aryl methyl sites for hydroxylation is 1. The van der Waals surface area contributed by atoms with Gasteiger partial charge in [0.05, 0.1) is 6.04 Å². The molecular formula is C20H34N2O2S. The second kappa shape index (κ2) is 10.9. The molecule has 1 aromatic heterocycles. The summed E-state index contributed by atoms with van der Waals surface area (Å²) in [6, 6.07) is 1.81. The summed E-state index contributed by atoms with van der Waals surface area (Å²) in [6.45, 7) is 7.10. The lowest BCUT2D eigenvalue weighted by molar-refractivity contribution is -0.123. The number of nitrogens with zero attached hydrogens (tertiary/aromatic N) is 1. The largest absolute Gasteiger partial charge is 0.385 e. The van der Waals surface area contributed by atoms with E-state index >= 15 is 0 Å². The zero-order valence-corrected chi connectivity index (χ0v) is 16.6. The van der Waals surface area contributed by atoms with Crippen LogP contribution in [0.2, 0.25) is 0 Å². The summed E-state index contributed by atoms with van der Waals surface area (Å²) in [5.41, 5.74) is 1.11. The van der Waals surface area contributed by atoms with Gasteiger partial charge in [-0.1, -0.05) is 32.6 Å². The Balaban J connectivity index is 1.89. The first-order valence-corrected chi connectivity index (χ1v) is 10.7. The number of nitrogens with one attached hydrogen (secondary N) is 1. The van der Waals surface area contributed by atoms with Crippen LogP contribution in [0.3, 0.4) is 0 Å². The fourth-order valence-electron chi connectivity index (χ4n) is 3.51. The number of hydrogen-bond acceptors (Lipinski definition) is 4. The number of amides is 1. The number of rotatable bonds is 11. The molecule has 2 unspecified atom stereocenters. The maximum absolute atomic E-state index is 12.4. The van der Waals surface area contributed by atoms with Crippen molar-refractivity contribution >= 4 is 17.2 Å². The zero-order valence-electron chi connectivity index (χ0n) is 15.8. The fourth-order valence-corrected chi connectivity index (χ4v) is 4.48. The minimum absolute atomic E-state index is 0.0777. The molecule has 1 aliphatic heterocycles. The maximum atomic E-state index is 12.4. The summed E-state index contributed by atoms with van der Waals surface area (Å²) in [5.74, 6) is 0.0777. The maximum Gasteiger partial charge on any atom is 0.220 e. The standard InChI is InChI=1S/C20H34N2O2S/c1-3-4-5-6-7-10-18(23)21-17(15-22-12-8-9-13-22)19(24)20-16(2)11-14-25-20/h11,14,17,19,24H,3-10,12-13,15H2,1-2H3,(H,21,23). The van der Waals surface area contributed by atoms with E-state index < -0.39 is 6.10 Å². The number of carbonyl (C=O) groups is 1. The van der Waals surface area contributed by atoms with E-state index in [2.05, 4.69) is 17.1 Å². The first-order chi connectivity index (χ1) is 12.1. The van der Waals surface area contributed by atoms with E-state index in [0.29, 0.717) is 6.42 Å². The molecule has 0 radical (unpaired) electrons. The first kappa shape index (κ1) is 20.4. The molecule has 2 heterocycles. The van der Waals surface area contributed by atoms with Gasteiger partial charge in [0, 0.05) is 17.8 Å². The molecule has 0 bridgehead atoms. The molecule has 1 saturated heterocycles. The first-order valence-electron chi connectivity index (χ1n) is 9.85. The van der Waals surface area contributed by atoms with Crippen molar-refractivity contribution in [1.82, 2.24) is 10.2 Å². The predicted octanol–water partition coefficient (Wildman–Crippen LogP) is 4.03. The van der Waals surface area contributed by atoms with Crippen molar-refractivity contribution in [3.63, 3.8) is 0 Å².